The number of ether oxygens (including phenoxy) is 1. The first-order valence-electron chi connectivity index (χ1n) is 5.85. The summed E-state index contributed by atoms with van der Waals surface area (Å²) < 4.78 is 5.25. The van der Waals surface area contributed by atoms with E-state index in [1.807, 2.05) is 11.9 Å². The Bertz CT molecular complexity index is 227. The van der Waals surface area contributed by atoms with E-state index in [-0.39, 0.29) is 5.92 Å². The van der Waals surface area contributed by atoms with Crippen molar-refractivity contribution in [2.45, 2.75) is 25.3 Å². The first-order valence-corrected chi connectivity index (χ1v) is 5.85. The number of hydrogen-bond donors (Lipinski definition) is 1. The maximum absolute atomic E-state index is 12.0. The lowest BCUT2D eigenvalue weighted by atomic mass is 9.96. The molecule has 1 amide bonds. The van der Waals surface area contributed by atoms with Crippen molar-refractivity contribution >= 4 is 5.91 Å². The zero-order chi connectivity index (χ0) is 10.7. The Labute approximate surface area is 91.0 Å². The number of nitrogens with one attached hydrogen (secondary N) is 1. The Morgan fingerprint density at radius 1 is 1.53 bits per heavy atom. The van der Waals surface area contributed by atoms with Crippen LogP contribution in [0, 0.1) is 5.92 Å². The topological polar surface area (TPSA) is 41.6 Å². The van der Waals surface area contributed by atoms with E-state index in [1.165, 1.54) is 6.42 Å². The maximum atomic E-state index is 12.0. The molecule has 2 saturated heterocycles. The van der Waals surface area contributed by atoms with Gasteiger partial charge in [-0.2, -0.15) is 0 Å². The fraction of sp³-hybridized carbons (Fsp3) is 0.909. The van der Waals surface area contributed by atoms with Gasteiger partial charge in [0.1, 0.15) is 0 Å². The van der Waals surface area contributed by atoms with Crippen molar-refractivity contribution in [1.82, 2.24) is 10.2 Å². The maximum Gasteiger partial charge on any atom is 0.228 e. The van der Waals surface area contributed by atoms with Crippen LogP contribution in [0.1, 0.15) is 19.3 Å². The average molecular weight is 212 g/mol. The molecule has 2 aliphatic heterocycles. The molecule has 2 rings (SSSR count). The SMILES string of the molecule is CNCCC1CCN1C(=O)C1CCOC1. The van der Waals surface area contributed by atoms with Crippen molar-refractivity contribution in [2.24, 2.45) is 5.92 Å². The number of nitrogens with zero attached hydrogens (tertiary/aromatic N) is 1. The number of hydrogen-bond acceptors (Lipinski definition) is 3. The second-order valence-corrected chi connectivity index (χ2v) is 4.43. The minimum absolute atomic E-state index is 0.141. The molecule has 0 bridgehead atoms. The second kappa shape index (κ2) is 4.94. The Morgan fingerprint density at radius 2 is 2.40 bits per heavy atom. The lowest BCUT2D eigenvalue weighted by molar-refractivity contribution is -0.143. The zero-order valence-electron chi connectivity index (χ0n) is 9.37. The summed E-state index contributed by atoms with van der Waals surface area (Å²) in [6, 6.07) is 0.477. The normalized spacial score (nSPS) is 30.3. The van der Waals surface area contributed by atoms with E-state index in [2.05, 4.69) is 5.32 Å². The first kappa shape index (κ1) is 10.9. The molecule has 2 fully saturated rings. The van der Waals surface area contributed by atoms with E-state index >= 15 is 0 Å². The summed E-state index contributed by atoms with van der Waals surface area (Å²) >= 11 is 0. The molecule has 4 nitrogen and oxygen atoms in total. The largest absolute Gasteiger partial charge is 0.381 e. The average Bonchev–Trinajstić information content (AvgIpc) is 2.69. The van der Waals surface area contributed by atoms with Crippen LogP contribution in [0.2, 0.25) is 0 Å². The predicted molar refractivity (Wildman–Crippen MR) is 57.6 cm³/mol. The van der Waals surface area contributed by atoms with Gasteiger partial charge in [-0.15, -0.1) is 0 Å². The van der Waals surface area contributed by atoms with Gasteiger partial charge in [-0.3, -0.25) is 4.79 Å². The van der Waals surface area contributed by atoms with Crippen LogP contribution in [0.4, 0.5) is 0 Å². The van der Waals surface area contributed by atoms with E-state index in [4.69, 9.17) is 4.74 Å². The zero-order valence-corrected chi connectivity index (χ0v) is 9.37. The predicted octanol–water partition coefficient (Wildman–Crippen LogP) is 0.233. The highest BCUT2D eigenvalue weighted by Gasteiger charge is 2.36. The number of rotatable bonds is 4. The van der Waals surface area contributed by atoms with Gasteiger partial charge in [-0.05, 0) is 32.9 Å². The Balaban J connectivity index is 1.79. The van der Waals surface area contributed by atoms with Gasteiger partial charge in [0, 0.05) is 19.2 Å². The van der Waals surface area contributed by atoms with Crippen LogP contribution in [-0.2, 0) is 9.53 Å². The lowest BCUT2D eigenvalue weighted by Crippen LogP contribution is -2.54. The van der Waals surface area contributed by atoms with Crippen LogP contribution in [0.15, 0.2) is 0 Å². The molecule has 2 atom stereocenters. The summed E-state index contributed by atoms with van der Waals surface area (Å²) in [4.78, 5) is 14.1. The fourth-order valence-electron chi connectivity index (χ4n) is 2.31. The Hall–Kier alpha value is -0.610. The minimum atomic E-state index is 0.141. The van der Waals surface area contributed by atoms with Gasteiger partial charge < -0.3 is 15.0 Å². The van der Waals surface area contributed by atoms with Crippen molar-refractivity contribution in [2.75, 3.05) is 33.4 Å². The van der Waals surface area contributed by atoms with Crippen LogP contribution in [-0.4, -0.2) is 50.2 Å². The molecule has 4 heteroatoms. The van der Waals surface area contributed by atoms with Crippen molar-refractivity contribution in [3.63, 3.8) is 0 Å². The van der Waals surface area contributed by atoms with Crippen LogP contribution in [0.25, 0.3) is 0 Å². The smallest absolute Gasteiger partial charge is 0.228 e. The number of carbonyl (C=O) groups excluding carboxylic acids is 1. The van der Waals surface area contributed by atoms with Gasteiger partial charge in [0.25, 0.3) is 0 Å². The quantitative estimate of drug-likeness (QED) is 0.725. The molecule has 2 aliphatic rings. The summed E-state index contributed by atoms with van der Waals surface area (Å²) in [5.74, 6) is 0.460. The molecule has 0 aromatic carbocycles. The highest BCUT2D eigenvalue weighted by atomic mass is 16.5. The van der Waals surface area contributed by atoms with E-state index in [0.29, 0.717) is 18.6 Å². The number of carbonyl (C=O) groups is 1. The molecule has 0 spiro atoms. The molecule has 1 N–H and O–H groups in total. The minimum Gasteiger partial charge on any atom is -0.381 e. The molecular weight excluding hydrogens is 192 g/mol. The lowest BCUT2D eigenvalue weighted by Gasteiger charge is -2.42. The number of amides is 1. The van der Waals surface area contributed by atoms with Gasteiger partial charge >= 0.3 is 0 Å². The molecule has 0 aliphatic carbocycles. The Kier molecular flexibility index (Phi) is 3.59. The molecule has 0 saturated carbocycles. The van der Waals surface area contributed by atoms with Gasteiger partial charge in [0.2, 0.25) is 5.91 Å². The molecule has 0 radical (unpaired) electrons. The third-order valence-corrected chi connectivity index (χ3v) is 3.43. The highest BCUT2D eigenvalue weighted by Crippen LogP contribution is 2.25. The van der Waals surface area contributed by atoms with Gasteiger partial charge in [-0.25, -0.2) is 0 Å². The van der Waals surface area contributed by atoms with Crippen LogP contribution in [0.5, 0.6) is 0 Å². The third kappa shape index (κ3) is 2.32. The second-order valence-electron chi connectivity index (χ2n) is 4.43. The van der Waals surface area contributed by atoms with Crippen LogP contribution >= 0.6 is 0 Å². The fourth-order valence-corrected chi connectivity index (χ4v) is 2.31. The third-order valence-electron chi connectivity index (χ3n) is 3.43. The summed E-state index contributed by atoms with van der Waals surface area (Å²) in [5.41, 5.74) is 0. The highest BCUT2D eigenvalue weighted by molar-refractivity contribution is 5.80. The molecule has 0 aromatic heterocycles. The molecule has 2 unspecified atom stereocenters. The van der Waals surface area contributed by atoms with E-state index < -0.39 is 0 Å². The Morgan fingerprint density at radius 3 is 2.93 bits per heavy atom. The molecule has 2 heterocycles. The van der Waals surface area contributed by atoms with Gasteiger partial charge in [-0.1, -0.05) is 0 Å². The van der Waals surface area contributed by atoms with Crippen molar-refractivity contribution < 1.29 is 9.53 Å². The van der Waals surface area contributed by atoms with Crippen molar-refractivity contribution in [3.8, 4) is 0 Å². The summed E-state index contributed by atoms with van der Waals surface area (Å²) in [5, 5.41) is 3.13. The molecular formula is C11H20N2O2. The van der Waals surface area contributed by atoms with E-state index in [1.54, 1.807) is 0 Å². The molecule has 0 aromatic rings. The van der Waals surface area contributed by atoms with Gasteiger partial charge in [0.15, 0.2) is 0 Å². The van der Waals surface area contributed by atoms with Crippen molar-refractivity contribution in [1.29, 1.82) is 0 Å². The summed E-state index contributed by atoms with van der Waals surface area (Å²) in [7, 11) is 1.95. The standard InChI is InChI=1S/C11H20N2O2/c1-12-5-2-10-3-6-13(10)11(14)9-4-7-15-8-9/h9-10,12H,2-8H2,1H3. The van der Waals surface area contributed by atoms with E-state index in [9.17, 15) is 4.79 Å². The molecule has 15 heavy (non-hydrogen) atoms. The van der Waals surface area contributed by atoms with Crippen LogP contribution < -0.4 is 5.32 Å². The monoisotopic (exact) mass is 212 g/mol. The van der Waals surface area contributed by atoms with Crippen molar-refractivity contribution in [3.05, 3.63) is 0 Å². The first-order chi connectivity index (χ1) is 7.33. The number of likely N-dealkylation sites (tertiary alicyclic amines) is 1. The summed E-state index contributed by atoms with van der Waals surface area (Å²) in [6.07, 6.45) is 3.16. The summed E-state index contributed by atoms with van der Waals surface area (Å²) in [6.45, 7) is 3.33. The van der Waals surface area contributed by atoms with Gasteiger partial charge in [0.05, 0.1) is 12.5 Å². The molecule has 86 valence electrons. The van der Waals surface area contributed by atoms with E-state index in [0.717, 1.165) is 32.5 Å². The van der Waals surface area contributed by atoms with Crippen LogP contribution in [0.3, 0.4) is 0 Å².